The summed E-state index contributed by atoms with van der Waals surface area (Å²) in [5, 5.41) is 0.718. The first-order valence-corrected chi connectivity index (χ1v) is 6.50. The van der Waals surface area contributed by atoms with Crippen molar-refractivity contribution in [3.8, 4) is 0 Å². The van der Waals surface area contributed by atoms with Gasteiger partial charge in [-0.15, -0.1) is 0 Å². The molecule has 0 aliphatic rings. The van der Waals surface area contributed by atoms with Gasteiger partial charge in [-0.1, -0.05) is 40.5 Å². The van der Waals surface area contributed by atoms with Gasteiger partial charge in [0.25, 0.3) is 0 Å². The van der Waals surface area contributed by atoms with Crippen LogP contribution in [0.2, 0.25) is 5.02 Å². The topological polar surface area (TPSA) is 18.5 Å². The highest BCUT2D eigenvalue weighted by molar-refractivity contribution is 9.10. The van der Waals surface area contributed by atoms with E-state index in [4.69, 9.17) is 21.1 Å². The normalized spacial score (nSPS) is 12.8. The summed E-state index contributed by atoms with van der Waals surface area (Å²) in [6.45, 7) is 5.02. The Balaban J connectivity index is 2.70. The lowest BCUT2D eigenvalue weighted by molar-refractivity contribution is -0.0888. The van der Waals surface area contributed by atoms with Crippen molar-refractivity contribution in [2.45, 2.75) is 26.4 Å². The summed E-state index contributed by atoms with van der Waals surface area (Å²) in [4.78, 5) is 0. The molecule has 4 heteroatoms. The Bertz CT molecular complexity index is 331. The first-order valence-electron chi connectivity index (χ1n) is 5.33. The fraction of sp³-hybridized carbons (Fsp3) is 0.500. The van der Waals surface area contributed by atoms with Crippen LogP contribution >= 0.6 is 27.5 Å². The predicted molar refractivity (Wildman–Crippen MR) is 69.8 cm³/mol. The molecule has 1 aromatic carbocycles. The molecule has 0 saturated heterocycles. The van der Waals surface area contributed by atoms with E-state index in [0.29, 0.717) is 13.4 Å². The number of ether oxygens (including phenoxy) is 2. The molecule has 0 heterocycles. The summed E-state index contributed by atoms with van der Waals surface area (Å²) < 4.78 is 11.8. The minimum atomic E-state index is 0.0400. The quantitative estimate of drug-likeness (QED) is 0.566. The second kappa shape index (κ2) is 7.28. The molecular formula is C12H16BrClO2. The van der Waals surface area contributed by atoms with Crippen LogP contribution in [-0.2, 0) is 9.47 Å². The van der Waals surface area contributed by atoms with E-state index in [2.05, 4.69) is 22.9 Å². The number of hydrogen-bond donors (Lipinski definition) is 0. The van der Waals surface area contributed by atoms with Crippen LogP contribution in [0.4, 0.5) is 0 Å². The lowest BCUT2D eigenvalue weighted by atomic mass is 10.1. The highest BCUT2D eigenvalue weighted by Gasteiger charge is 2.13. The Hall–Kier alpha value is -0.0900. The van der Waals surface area contributed by atoms with E-state index in [9.17, 15) is 0 Å². The van der Waals surface area contributed by atoms with Gasteiger partial charge in [-0.2, -0.15) is 0 Å². The van der Waals surface area contributed by atoms with E-state index in [1.54, 1.807) is 0 Å². The van der Waals surface area contributed by atoms with E-state index in [-0.39, 0.29) is 6.10 Å². The predicted octanol–water partition coefficient (Wildman–Crippen LogP) is 4.56. The van der Waals surface area contributed by atoms with Crippen molar-refractivity contribution >= 4 is 27.5 Å². The third-order valence-electron chi connectivity index (χ3n) is 2.24. The van der Waals surface area contributed by atoms with Crippen molar-refractivity contribution < 1.29 is 9.47 Å². The van der Waals surface area contributed by atoms with Crippen LogP contribution in [0.1, 0.15) is 31.9 Å². The minimum Gasteiger partial charge on any atom is -0.356 e. The van der Waals surface area contributed by atoms with Crippen molar-refractivity contribution in [1.82, 2.24) is 0 Å². The SMILES string of the molecule is CCOCO[C@H](CC)c1ccc(Cl)cc1Br. The Labute approximate surface area is 110 Å². The van der Waals surface area contributed by atoms with Gasteiger partial charge >= 0.3 is 0 Å². The molecule has 0 amide bonds. The van der Waals surface area contributed by atoms with Crippen molar-refractivity contribution in [1.29, 1.82) is 0 Å². The van der Waals surface area contributed by atoms with E-state index in [0.717, 1.165) is 21.5 Å². The Kier molecular flexibility index (Phi) is 6.36. The van der Waals surface area contributed by atoms with E-state index in [1.165, 1.54) is 0 Å². The van der Waals surface area contributed by atoms with E-state index < -0.39 is 0 Å². The average molecular weight is 308 g/mol. The molecule has 0 bridgehead atoms. The van der Waals surface area contributed by atoms with Gasteiger partial charge in [0.15, 0.2) is 0 Å². The molecule has 0 aliphatic heterocycles. The lowest BCUT2D eigenvalue weighted by Crippen LogP contribution is -2.07. The molecule has 0 spiro atoms. The van der Waals surface area contributed by atoms with Gasteiger partial charge in [0.1, 0.15) is 6.79 Å². The molecule has 0 unspecified atom stereocenters. The molecule has 16 heavy (non-hydrogen) atoms. The summed E-state index contributed by atoms with van der Waals surface area (Å²) >= 11 is 9.39. The van der Waals surface area contributed by atoms with Crippen LogP contribution in [0.15, 0.2) is 22.7 Å². The molecule has 1 atom stereocenters. The zero-order chi connectivity index (χ0) is 12.0. The Morgan fingerprint density at radius 2 is 2.12 bits per heavy atom. The van der Waals surface area contributed by atoms with Gasteiger partial charge in [-0.25, -0.2) is 0 Å². The second-order valence-corrected chi connectivity index (χ2v) is 4.63. The molecule has 1 rings (SSSR count). The lowest BCUT2D eigenvalue weighted by Gasteiger charge is -2.17. The monoisotopic (exact) mass is 306 g/mol. The maximum Gasteiger partial charge on any atom is 0.147 e. The highest BCUT2D eigenvalue weighted by Crippen LogP contribution is 2.30. The van der Waals surface area contributed by atoms with Crippen LogP contribution in [0.3, 0.4) is 0 Å². The molecule has 90 valence electrons. The fourth-order valence-corrected chi connectivity index (χ4v) is 2.34. The summed E-state index contributed by atoms with van der Waals surface area (Å²) in [7, 11) is 0. The molecule has 0 radical (unpaired) electrons. The second-order valence-electron chi connectivity index (χ2n) is 3.34. The van der Waals surface area contributed by atoms with Crippen LogP contribution in [0.25, 0.3) is 0 Å². The zero-order valence-electron chi connectivity index (χ0n) is 9.50. The largest absolute Gasteiger partial charge is 0.356 e. The molecule has 0 N–H and O–H groups in total. The van der Waals surface area contributed by atoms with E-state index in [1.807, 2.05) is 25.1 Å². The number of halogens is 2. The van der Waals surface area contributed by atoms with Gasteiger partial charge in [0.2, 0.25) is 0 Å². The van der Waals surface area contributed by atoms with Crippen molar-refractivity contribution in [2.75, 3.05) is 13.4 Å². The van der Waals surface area contributed by atoms with Gasteiger partial charge in [0, 0.05) is 16.1 Å². The van der Waals surface area contributed by atoms with Gasteiger partial charge < -0.3 is 9.47 Å². The van der Waals surface area contributed by atoms with Crippen LogP contribution in [-0.4, -0.2) is 13.4 Å². The third-order valence-corrected chi connectivity index (χ3v) is 3.16. The third kappa shape index (κ3) is 4.06. The van der Waals surface area contributed by atoms with Crippen molar-refractivity contribution in [3.63, 3.8) is 0 Å². The van der Waals surface area contributed by atoms with Gasteiger partial charge in [-0.05, 0) is 31.0 Å². The van der Waals surface area contributed by atoms with E-state index >= 15 is 0 Å². The number of hydrogen-bond acceptors (Lipinski definition) is 2. The smallest absolute Gasteiger partial charge is 0.147 e. The zero-order valence-corrected chi connectivity index (χ0v) is 11.8. The van der Waals surface area contributed by atoms with Crippen LogP contribution in [0.5, 0.6) is 0 Å². The summed E-state index contributed by atoms with van der Waals surface area (Å²) in [6, 6.07) is 5.73. The van der Waals surface area contributed by atoms with Crippen molar-refractivity contribution in [3.05, 3.63) is 33.3 Å². The standard InChI is InChI=1S/C12H16BrClO2/c1-3-12(16-8-15-4-2)10-6-5-9(14)7-11(10)13/h5-7,12H,3-4,8H2,1-2H3/t12-/m1/s1. The summed E-state index contributed by atoms with van der Waals surface area (Å²) in [5.41, 5.74) is 1.10. The van der Waals surface area contributed by atoms with Crippen LogP contribution < -0.4 is 0 Å². The molecular weight excluding hydrogens is 291 g/mol. The molecule has 1 aromatic rings. The average Bonchev–Trinajstić information content (AvgIpc) is 2.26. The first kappa shape index (κ1) is 14.0. The highest BCUT2D eigenvalue weighted by atomic mass is 79.9. The number of rotatable bonds is 6. The fourth-order valence-electron chi connectivity index (χ4n) is 1.40. The summed E-state index contributed by atoms with van der Waals surface area (Å²) in [6.07, 6.45) is 0.936. The van der Waals surface area contributed by atoms with Crippen LogP contribution in [0, 0.1) is 0 Å². The van der Waals surface area contributed by atoms with Gasteiger partial charge in [0.05, 0.1) is 6.10 Å². The molecule has 0 fully saturated rings. The van der Waals surface area contributed by atoms with Gasteiger partial charge in [-0.3, -0.25) is 0 Å². The molecule has 2 nitrogen and oxygen atoms in total. The molecule has 0 aliphatic carbocycles. The summed E-state index contributed by atoms with van der Waals surface area (Å²) in [5.74, 6) is 0. The maximum absolute atomic E-state index is 5.90. The molecule has 0 aromatic heterocycles. The van der Waals surface area contributed by atoms with Crippen molar-refractivity contribution in [2.24, 2.45) is 0 Å². The first-order chi connectivity index (χ1) is 7.69. The Morgan fingerprint density at radius 1 is 1.38 bits per heavy atom. The number of benzene rings is 1. The Morgan fingerprint density at radius 3 is 2.69 bits per heavy atom. The maximum atomic E-state index is 5.90. The molecule has 0 saturated carbocycles. The minimum absolute atomic E-state index is 0.0400.